The average molecular weight is 182 g/mol. The zero-order valence-corrected chi connectivity index (χ0v) is 8.09. The van der Waals surface area contributed by atoms with Gasteiger partial charge in [-0.2, -0.15) is 0 Å². The largest absolute Gasteiger partial charge is 0.370 e. The summed E-state index contributed by atoms with van der Waals surface area (Å²) in [5.41, 5.74) is 7.39. The van der Waals surface area contributed by atoms with Crippen LogP contribution >= 0.6 is 0 Å². The van der Waals surface area contributed by atoms with Crippen LogP contribution in [0, 0.1) is 13.8 Å². The first-order valence-electron chi connectivity index (χ1n) is 4.03. The zero-order chi connectivity index (χ0) is 9.84. The summed E-state index contributed by atoms with van der Waals surface area (Å²) in [6.07, 6.45) is 0. The van der Waals surface area contributed by atoms with Crippen LogP contribution in [0.25, 0.3) is 0 Å². The molecule has 0 saturated carbocycles. The second-order valence-electron chi connectivity index (χ2n) is 2.77. The Bertz CT molecular complexity index is 296. The molecule has 0 aliphatic rings. The fourth-order valence-corrected chi connectivity index (χ4v) is 1.01. The number of nitrogens with two attached hydrogens (primary N) is 1. The zero-order valence-electron chi connectivity index (χ0n) is 8.09. The van der Waals surface area contributed by atoms with E-state index in [2.05, 4.69) is 15.5 Å². The van der Waals surface area contributed by atoms with Gasteiger partial charge in [-0.15, -0.1) is 0 Å². The molecule has 0 atom stereocenters. The maximum atomic E-state index is 5.48. The molecule has 0 aliphatic carbocycles. The van der Waals surface area contributed by atoms with E-state index in [4.69, 9.17) is 10.3 Å². The standard InChI is InChI=1S/C8H14N4O/c1-5-7(6(2)13-12-5)4-11-8(9)10-3/h4H2,1-3H3,(H3,9,10,11). The van der Waals surface area contributed by atoms with Gasteiger partial charge in [0.05, 0.1) is 5.69 Å². The van der Waals surface area contributed by atoms with E-state index >= 15 is 0 Å². The Morgan fingerprint density at radius 2 is 2.31 bits per heavy atom. The van der Waals surface area contributed by atoms with Crippen LogP contribution < -0.4 is 11.1 Å². The Morgan fingerprint density at radius 1 is 1.62 bits per heavy atom. The van der Waals surface area contributed by atoms with Crippen molar-refractivity contribution in [2.75, 3.05) is 7.05 Å². The summed E-state index contributed by atoms with van der Waals surface area (Å²) >= 11 is 0. The molecule has 1 heterocycles. The first-order chi connectivity index (χ1) is 6.15. The fourth-order valence-electron chi connectivity index (χ4n) is 1.01. The van der Waals surface area contributed by atoms with Gasteiger partial charge in [0.25, 0.3) is 0 Å². The second kappa shape index (κ2) is 3.93. The van der Waals surface area contributed by atoms with E-state index in [0.29, 0.717) is 12.5 Å². The molecule has 0 fully saturated rings. The van der Waals surface area contributed by atoms with E-state index < -0.39 is 0 Å². The molecule has 13 heavy (non-hydrogen) atoms. The van der Waals surface area contributed by atoms with Gasteiger partial charge in [-0.25, -0.2) is 0 Å². The molecule has 72 valence electrons. The van der Waals surface area contributed by atoms with E-state index in [1.165, 1.54) is 0 Å². The van der Waals surface area contributed by atoms with Crippen molar-refractivity contribution in [3.63, 3.8) is 0 Å². The molecule has 0 bridgehead atoms. The number of hydrogen-bond donors (Lipinski definition) is 2. The van der Waals surface area contributed by atoms with E-state index in [1.807, 2.05) is 13.8 Å². The number of aliphatic imine (C=N–C) groups is 1. The van der Waals surface area contributed by atoms with Gasteiger partial charge in [0.2, 0.25) is 0 Å². The predicted octanol–water partition coefficient (Wildman–Crippen LogP) is 0.326. The molecule has 0 aromatic carbocycles. The van der Waals surface area contributed by atoms with E-state index in [0.717, 1.165) is 17.0 Å². The van der Waals surface area contributed by atoms with Crippen LogP contribution in [-0.4, -0.2) is 18.2 Å². The van der Waals surface area contributed by atoms with Gasteiger partial charge in [0.1, 0.15) is 5.76 Å². The highest BCUT2D eigenvalue weighted by Crippen LogP contribution is 2.10. The Hall–Kier alpha value is -1.52. The number of nitrogens with one attached hydrogen (secondary N) is 1. The third-order valence-corrected chi connectivity index (χ3v) is 1.87. The molecule has 1 aromatic rings. The number of nitrogens with zero attached hydrogens (tertiary/aromatic N) is 2. The van der Waals surface area contributed by atoms with Crippen LogP contribution in [0.2, 0.25) is 0 Å². The van der Waals surface area contributed by atoms with Gasteiger partial charge >= 0.3 is 0 Å². The van der Waals surface area contributed by atoms with Gasteiger partial charge in [0, 0.05) is 19.2 Å². The van der Waals surface area contributed by atoms with Crippen molar-refractivity contribution < 1.29 is 4.52 Å². The highest BCUT2D eigenvalue weighted by atomic mass is 16.5. The molecule has 1 aromatic heterocycles. The van der Waals surface area contributed by atoms with Gasteiger partial charge in [-0.3, -0.25) is 4.99 Å². The highest BCUT2D eigenvalue weighted by Gasteiger charge is 2.07. The monoisotopic (exact) mass is 182 g/mol. The first-order valence-corrected chi connectivity index (χ1v) is 4.03. The Labute approximate surface area is 77.0 Å². The van der Waals surface area contributed by atoms with Crippen LogP contribution in [0.5, 0.6) is 0 Å². The van der Waals surface area contributed by atoms with E-state index in [-0.39, 0.29) is 0 Å². The molecule has 0 unspecified atom stereocenters. The Balaban J connectivity index is 2.64. The molecule has 0 saturated heterocycles. The summed E-state index contributed by atoms with van der Waals surface area (Å²) in [6, 6.07) is 0. The van der Waals surface area contributed by atoms with Crippen molar-refractivity contribution >= 4 is 5.96 Å². The minimum Gasteiger partial charge on any atom is -0.370 e. The molecule has 0 aliphatic heterocycles. The van der Waals surface area contributed by atoms with Gasteiger partial charge in [-0.1, -0.05) is 5.16 Å². The lowest BCUT2D eigenvalue weighted by molar-refractivity contribution is 0.392. The fraction of sp³-hybridized carbons (Fsp3) is 0.500. The summed E-state index contributed by atoms with van der Waals surface area (Å²) in [5, 5.41) is 6.77. The number of aryl methyl sites for hydroxylation is 2. The topological polar surface area (TPSA) is 76.4 Å². The quantitative estimate of drug-likeness (QED) is 0.510. The van der Waals surface area contributed by atoms with Crippen LogP contribution in [0.1, 0.15) is 17.0 Å². The maximum Gasteiger partial charge on any atom is 0.188 e. The molecule has 5 heteroatoms. The number of rotatable bonds is 2. The number of hydrogen-bond acceptors (Lipinski definition) is 3. The average Bonchev–Trinajstić information content (AvgIpc) is 2.43. The normalized spacial score (nSPS) is 11.8. The minimum absolute atomic E-state index is 0.417. The molecule has 5 nitrogen and oxygen atoms in total. The molecule has 0 amide bonds. The summed E-state index contributed by atoms with van der Waals surface area (Å²) in [7, 11) is 1.63. The van der Waals surface area contributed by atoms with Gasteiger partial charge in [0.15, 0.2) is 5.96 Å². The second-order valence-corrected chi connectivity index (χ2v) is 2.77. The van der Waals surface area contributed by atoms with Crippen molar-refractivity contribution in [2.24, 2.45) is 10.7 Å². The SMILES string of the molecule is CN=C(N)NCc1c(C)noc1C. The lowest BCUT2D eigenvalue weighted by Gasteiger charge is -2.03. The first kappa shape index (κ1) is 9.57. The van der Waals surface area contributed by atoms with Crippen molar-refractivity contribution in [3.8, 4) is 0 Å². The van der Waals surface area contributed by atoms with Crippen molar-refractivity contribution in [2.45, 2.75) is 20.4 Å². The molecule has 0 spiro atoms. The third-order valence-electron chi connectivity index (χ3n) is 1.87. The predicted molar refractivity (Wildman–Crippen MR) is 50.4 cm³/mol. The molecular weight excluding hydrogens is 168 g/mol. The Morgan fingerprint density at radius 3 is 2.77 bits per heavy atom. The summed E-state index contributed by atoms with van der Waals surface area (Å²) in [4.78, 5) is 3.78. The maximum absolute atomic E-state index is 5.48. The van der Waals surface area contributed by atoms with Crippen LogP contribution in [0.15, 0.2) is 9.52 Å². The highest BCUT2D eigenvalue weighted by molar-refractivity contribution is 5.77. The Kier molecular flexibility index (Phi) is 2.89. The van der Waals surface area contributed by atoms with Gasteiger partial charge < -0.3 is 15.6 Å². The molecule has 0 radical (unpaired) electrons. The lowest BCUT2D eigenvalue weighted by atomic mass is 10.2. The summed E-state index contributed by atoms with van der Waals surface area (Å²) in [5.74, 6) is 1.23. The van der Waals surface area contributed by atoms with Crippen molar-refractivity contribution in [1.82, 2.24) is 10.5 Å². The minimum atomic E-state index is 0.417. The van der Waals surface area contributed by atoms with E-state index in [1.54, 1.807) is 7.05 Å². The van der Waals surface area contributed by atoms with Gasteiger partial charge in [-0.05, 0) is 13.8 Å². The van der Waals surface area contributed by atoms with Crippen molar-refractivity contribution in [3.05, 3.63) is 17.0 Å². The smallest absolute Gasteiger partial charge is 0.188 e. The molecule has 1 rings (SSSR count). The van der Waals surface area contributed by atoms with E-state index in [9.17, 15) is 0 Å². The number of aromatic nitrogens is 1. The van der Waals surface area contributed by atoms with Crippen LogP contribution in [0.4, 0.5) is 0 Å². The van der Waals surface area contributed by atoms with Crippen molar-refractivity contribution in [1.29, 1.82) is 0 Å². The lowest BCUT2D eigenvalue weighted by Crippen LogP contribution is -2.31. The number of guanidine groups is 1. The molecule has 3 N–H and O–H groups in total. The summed E-state index contributed by atoms with van der Waals surface area (Å²) < 4.78 is 4.99. The molecular formula is C8H14N4O. The summed E-state index contributed by atoms with van der Waals surface area (Å²) in [6.45, 7) is 4.37. The van der Waals surface area contributed by atoms with Crippen LogP contribution in [0.3, 0.4) is 0 Å². The van der Waals surface area contributed by atoms with Crippen LogP contribution in [-0.2, 0) is 6.54 Å². The third kappa shape index (κ3) is 2.21.